The van der Waals surface area contributed by atoms with Crippen molar-refractivity contribution in [3.8, 4) is 5.75 Å². The first-order valence-corrected chi connectivity index (χ1v) is 12.1. The fourth-order valence-corrected chi connectivity index (χ4v) is 6.21. The van der Waals surface area contributed by atoms with Crippen molar-refractivity contribution in [3.05, 3.63) is 101 Å². The third-order valence-corrected chi connectivity index (χ3v) is 7.78. The highest BCUT2D eigenvalue weighted by atomic mass is 16.5. The van der Waals surface area contributed by atoms with Crippen LogP contribution in [-0.2, 0) is 19.8 Å². The molecule has 1 aliphatic heterocycles. The van der Waals surface area contributed by atoms with Crippen molar-refractivity contribution in [2.45, 2.75) is 38.0 Å². The van der Waals surface area contributed by atoms with Gasteiger partial charge >= 0.3 is 5.97 Å². The van der Waals surface area contributed by atoms with Crippen molar-refractivity contribution in [1.29, 1.82) is 0 Å². The van der Waals surface area contributed by atoms with Gasteiger partial charge in [-0.25, -0.2) is 4.79 Å². The molecule has 2 bridgehead atoms. The molecule has 1 saturated heterocycles. The van der Waals surface area contributed by atoms with Gasteiger partial charge in [0.25, 0.3) is 0 Å². The maximum atomic E-state index is 13.6. The molecule has 5 heteroatoms. The molecule has 7 rings (SSSR count). The van der Waals surface area contributed by atoms with Crippen molar-refractivity contribution < 1.29 is 19.1 Å². The number of nitrogens with zero attached hydrogens (tertiary/aromatic N) is 1. The SMILES string of the molecule is CC(C)(C)c1ccc(OC(=O)CN2C(=O)[C@@H]3C4c5ccccc5C(c5ccccc54)[C@@H]3C2=O)cc1. The van der Waals surface area contributed by atoms with Crippen molar-refractivity contribution in [2.24, 2.45) is 11.8 Å². The second kappa shape index (κ2) is 7.64. The Morgan fingerprint density at radius 3 is 1.57 bits per heavy atom. The lowest BCUT2D eigenvalue weighted by Gasteiger charge is -2.45. The van der Waals surface area contributed by atoms with Gasteiger partial charge in [0.15, 0.2) is 0 Å². The third kappa shape index (κ3) is 3.25. The first-order valence-electron chi connectivity index (χ1n) is 12.1. The molecule has 0 saturated carbocycles. The van der Waals surface area contributed by atoms with Crippen LogP contribution in [0.5, 0.6) is 5.75 Å². The van der Waals surface area contributed by atoms with Gasteiger partial charge in [-0.3, -0.25) is 14.5 Å². The summed E-state index contributed by atoms with van der Waals surface area (Å²) in [4.78, 5) is 41.1. The van der Waals surface area contributed by atoms with Gasteiger partial charge in [-0.1, -0.05) is 81.4 Å². The van der Waals surface area contributed by atoms with Gasteiger partial charge in [0, 0.05) is 11.8 Å². The van der Waals surface area contributed by atoms with Crippen LogP contribution in [0.1, 0.15) is 60.4 Å². The molecule has 3 aromatic carbocycles. The van der Waals surface area contributed by atoms with Crippen molar-refractivity contribution >= 4 is 17.8 Å². The van der Waals surface area contributed by atoms with E-state index in [1.165, 1.54) is 0 Å². The van der Waals surface area contributed by atoms with Crippen LogP contribution in [-0.4, -0.2) is 29.2 Å². The van der Waals surface area contributed by atoms with E-state index in [4.69, 9.17) is 4.74 Å². The zero-order valence-corrected chi connectivity index (χ0v) is 20.0. The Bertz CT molecular complexity index is 1250. The minimum Gasteiger partial charge on any atom is -0.425 e. The fraction of sp³-hybridized carbons (Fsp3) is 0.300. The maximum absolute atomic E-state index is 13.6. The highest BCUT2D eigenvalue weighted by molar-refractivity contribution is 6.09. The minimum atomic E-state index is -0.615. The number of amides is 2. The summed E-state index contributed by atoms with van der Waals surface area (Å²) in [6.07, 6.45) is 0. The van der Waals surface area contributed by atoms with E-state index in [1.54, 1.807) is 12.1 Å². The van der Waals surface area contributed by atoms with Gasteiger partial charge in [-0.15, -0.1) is 0 Å². The highest BCUT2D eigenvalue weighted by Crippen LogP contribution is 2.60. The standard InChI is InChI=1S/C30H27NO4/c1-30(2,3)17-12-14-18(15-13-17)35-23(32)16-31-28(33)26-24-19-8-4-5-9-20(19)25(27(26)29(31)34)22-11-7-6-10-21(22)24/h4-15,24-27H,16H2,1-3H3/t24?,25?,26-,27+. The molecule has 176 valence electrons. The molecule has 1 heterocycles. The van der Waals surface area contributed by atoms with Crippen molar-refractivity contribution in [2.75, 3.05) is 6.54 Å². The Morgan fingerprint density at radius 1 is 0.743 bits per heavy atom. The van der Waals surface area contributed by atoms with Crippen molar-refractivity contribution in [1.82, 2.24) is 4.90 Å². The summed E-state index contributed by atoms with van der Waals surface area (Å²) >= 11 is 0. The summed E-state index contributed by atoms with van der Waals surface area (Å²) in [7, 11) is 0. The van der Waals surface area contributed by atoms with E-state index in [-0.39, 0.29) is 35.6 Å². The fourth-order valence-electron chi connectivity index (χ4n) is 6.21. The van der Waals surface area contributed by atoms with Gasteiger partial charge < -0.3 is 4.74 Å². The Hall–Kier alpha value is -3.73. The molecule has 0 spiro atoms. The van der Waals surface area contributed by atoms with E-state index in [9.17, 15) is 14.4 Å². The van der Waals surface area contributed by atoms with Crippen LogP contribution < -0.4 is 4.74 Å². The van der Waals surface area contributed by atoms with Crippen LogP contribution in [0.15, 0.2) is 72.8 Å². The zero-order chi connectivity index (χ0) is 24.5. The van der Waals surface area contributed by atoms with E-state index in [0.717, 1.165) is 32.7 Å². The monoisotopic (exact) mass is 465 g/mol. The molecule has 35 heavy (non-hydrogen) atoms. The molecule has 2 atom stereocenters. The van der Waals surface area contributed by atoms with Gasteiger partial charge in [0.05, 0.1) is 11.8 Å². The third-order valence-electron chi connectivity index (χ3n) is 7.78. The Morgan fingerprint density at radius 2 is 1.17 bits per heavy atom. The number of carbonyl (C=O) groups excluding carboxylic acids is 3. The first-order chi connectivity index (χ1) is 16.8. The number of carbonyl (C=O) groups is 3. The average Bonchev–Trinajstić information content (AvgIpc) is 3.09. The van der Waals surface area contributed by atoms with E-state index < -0.39 is 17.8 Å². The predicted molar refractivity (Wildman–Crippen MR) is 131 cm³/mol. The second-order valence-electron chi connectivity index (χ2n) is 10.8. The number of imide groups is 1. The van der Waals surface area contributed by atoms with E-state index in [0.29, 0.717) is 5.75 Å². The lowest BCUT2D eigenvalue weighted by Crippen LogP contribution is -2.41. The molecule has 5 nitrogen and oxygen atoms in total. The topological polar surface area (TPSA) is 63.7 Å². The van der Waals surface area contributed by atoms with Crippen LogP contribution in [0, 0.1) is 11.8 Å². The summed E-state index contributed by atoms with van der Waals surface area (Å²) in [5.74, 6) is -2.11. The van der Waals surface area contributed by atoms with Crippen LogP contribution in [0.4, 0.5) is 0 Å². The molecule has 3 aliphatic carbocycles. The summed E-state index contributed by atoms with van der Waals surface area (Å²) < 4.78 is 5.50. The molecule has 0 N–H and O–H groups in total. The van der Waals surface area contributed by atoms with Crippen molar-refractivity contribution in [3.63, 3.8) is 0 Å². The van der Waals surface area contributed by atoms with Crippen LogP contribution in [0.2, 0.25) is 0 Å². The zero-order valence-electron chi connectivity index (χ0n) is 20.0. The van der Waals surface area contributed by atoms with Crippen LogP contribution in [0.3, 0.4) is 0 Å². The minimum absolute atomic E-state index is 0.0122. The number of benzene rings is 3. The van der Waals surface area contributed by atoms with E-state index in [1.807, 2.05) is 36.4 Å². The Labute approximate surface area is 204 Å². The first kappa shape index (κ1) is 21.8. The quantitative estimate of drug-likeness (QED) is 0.317. The summed E-state index contributed by atoms with van der Waals surface area (Å²) in [6.45, 7) is 5.96. The van der Waals surface area contributed by atoms with Gasteiger partial charge in [0.1, 0.15) is 12.3 Å². The molecule has 2 amide bonds. The molecular weight excluding hydrogens is 438 g/mol. The Balaban J connectivity index is 1.28. The highest BCUT2D eigenvalue weighted by Gasteiger charge is 2.61. The van der Waals surface area contributed by atoms with Crippen LogP contribution >= 0.6 is 0 Å². The number of ether oxygens (including phenoxy) is 1. The number of esters is 1. The lowest BCUT2D eigenvalue weighted by atomic mass is 9.55. The molecule has 0 aromatic heterocycles. The number of hydrogen-bond acceptors (Lipinski definition) is 4. The molecule has 3 aromatic rings. The molecule has 0 radical (unpaired) electrons. The lowest BCUT2D eigenvalue weighted by molar-refractivity contribution is -0.148. The predicted octanol–water partition coefficient (Wildman–Crippen LogP) is 4.78. The van der Waals surface area contributed by atoms with E-state index >= 15 is 0 Å². The average molecular weight is 466 g/mol. The number of likely N-dealkylation sites (tertiary alicyclic amines) is 1. The molecule has 0 unspecified atom stereocenters. The molecule has 1 fully saturated rings. The number of hydrogen-bond donors (Lipinski definition) is 0. The number of rotatable bonds is 3. The van der Waals surface area contributed by atoms with Crippen LogP contribution in [0.25, 0.3) is 0 Å². The van der Waals surface area contributed by atoms with E-state index in [2.05, 4.69) is 45.0 Å². The van der Waals surface area contributed by atoms with Gasteiger partial charge in [0.2, 0.25) is 11.8 Å². The van der Waals surface area contributed by atoms with Gasteiger partial charge in [-0.05, 0) is 45.4 Å². The largest absolute Gasteiger partial charge is 0.425 e. The van der Waals surface area contributed by atoms with Gasteiger partial charge in [-0.2, -0.15) is 0 Å². The summed E-state index contributed by atoms with van der Waals surface area (Å²) in [6, 6.07) is 23.5. The second-order valence-corrected chi connectivity index (χ2v) is 10.8. The normalized spacial score (nSPS) is 24.1. The summed E-state index contributed by atoms with van der Waals surface area (Å²) in [5, 5.41) is 0. The maximum Gasteiger partial charge on any atom is 0.331 e. The Kier molecular flexibility index (Phi) is 4.75. The summed E-state index contributed by atoms with van der Waals surface area (Å²) in [5.41, 5.74) is 5.57. The molecule has 4 aliphatic rings. The molecular formula is C30H27NO4. The smallest absolute Gasteiger partial charge is 0.331 e.